The topological polar surface area (TPSA) is 70.1 Å². The number of aliphatic hydroxyl groups is 1. The van der Waals surface area contributed by atoms with Crippen molar-refractivity contribution in [3.63, 3.8) is 0 Å². The number of rotatable bonds is 6. The summed E-state index contributed by atoms with van der Waals surface area (Å²) in [5.74, 6) is 0.949. The average molecular weight is 375 g/mol. The zero-order chi connectivity index (χ0) is 17.6. The molecule has 3 rings (SSSR count). The molecule has 2 aromatic carbocycles. The molecular weight excluding hydrogens is 359 g/mol. The first-order chi connectivity index (χ1) is 12.2. The van der Waals surface area contributed by atoms with Crippen LogP contribution in [0.25, 0.3) is 11.3 Å². The molecule has 0 spiro atoms. The highest BCUT2D eigenvalue weighted by molar-refractivity contribution is 6.39. The Morgan fingerprint density at radius 2 is 1.64 bits per heavy atom. The molecule has 7 heteroatoms. The SMILES string of the molecule is OCCNc1nc(Nc2c(Cl)cccc2Cl)cc(-c2ccccc2)n1. The molecule has 0 saturated heterocycles. The molecule has 0 aliphatic carbocycles. The highest BCUT2D eigenvalue weighted by Crippen LogP contribution is 2.33. The molecule has 0 amide bonds. The van der Waals surface area contributed by atoms with Crippen LogP contribution in [0.1, 0.15) is 0 Å². The number of nitrogens with zero attached hydrogens (tertiary/aromatic N) is 2. The predicted octanol–water partition coefficient (Wildman–Crippen LogP) is 4.60. The summed E-state index contributed by atoms with van der Waals surface area (Å²) in [6.07, 6.45) is 0. The third-order valence-electron chi connectivity index (χ3n) is 3.41. The molecule has 0 radical (unpaired) electrons. The van der Waals surface area contributed by atoms with E-state index in [0.717, 1.165) is 11.3 Å². The Bertz CT molecular complexity index is 839. The molecule has 0 aliphatic heterocycles. The van der Waals surface area contributed by atoms with Gasteiger partial charge in [-0.2, -0.15) is 4.98 Å². The van der Waals surface area contributed by atoms with Crippen molar-refractivity contribution in [2.45, 2.75) is 0 Å². The van der Waals surface area contributed by atoms with Crippen LogP contribution in [0.2, 0.25) is 10.0 Å². The van der Waals surface area contributed by atoms with E-state index in [4.69, 9.17) is 28.3 Å². The number of halogens is 2. The molecular formula is C18H16Cl2N4O. The molecule has 0 bridgehead atoms. The number of anilines is 3. The maximum absolute atomic E-state index is 9.02. The van der Waals surface area contributed by atoms with Gasteiger partial charge in [0, 0.05) is 18.2 Å². The number of nitrogens with one attached hydrogen (secondary N) is 2. The van der Waals surface area contributed by atoms with E-state index in [-0.39, 0.29) is 6.61 Å². The van der Waals surface area contributed by atoms with Crippen LogP contribution in [0.5, 0.6) is 0 Å². The van der Waals surface area contributed by atoms with E-state index in [1.807, 2.05) is 36.4 Å². The summed E-state index contributed by atoms with van der Waals surface area (Å²) in [5, 5.41) is 16.1. The molecule has 0 saturated carbocycles. The van der Waals surface area contributed by atoms with Crippen LogP contribution in [0.15, 0.2) is 54.6 Å². The summed E-state index contributed by atoms with van der Waals surface area (Å²) < 4.78 is 0. The van der Waals surface area contributed by atoms with E-state index in [1.54, 1.807) is 18.2 Å². The van der Waals surface area contributed by atoms with Gasteiger partial charge in [0.2, 0.25) is 5.95 Å². The number of aromatic nitrogens is 2. The van der Waals surface area contributed by atoms with Gasteiger partial charge in [-0.05, 0) is 12.1 Å². The second kappa shape index (κ2) is 8.16. The zero-order valence-corrected chi connectivity index (χ0v) is 14.7. The van der Waals surface area contributed by atoms with Crippen molar-refractivity contribution in [2.75, 3.05) is 23.8 Å². The van der Waals surface area contributed by atoms with Gasteiger partial charge in [0.05, 0.1) is 28.0 Å². The standard InChI is InChI=1S/C18H16Cl2N4O/c19-13-7-4-8-14(20)17(13)23-16-11-15(12-5-2-1-3-6-12)22-18(24-16)21-9-10-25/h1-8,11,25H,9-10H2,(H2,21,22,23,24). The molecule has 5 nitrogen and oxygen atoms in total. The smallest absolute Gasteiger partial charge is 0.225 e. The Labute approximate surface area is 155 Å². The van der Waals surface area contributed by atoms with Crippen LogP contribution >= 0.6 is 23.2 Å². The van der Waals surface area contributed by atoms with E-state index < -0.39 is 0 Å². The highest BCUT2D eigenvalue weighted by Gasteiger charge is 2.10. The van der Waals surface area contributed by atoms with Gasteiger partial charge < -0.3 is 15.7 Å². The van der Waals surface area contributed by atoms with Crippen molar-refractivity contribution < 1.29 is 5.11 Å². The molecule has 0 unspecified atom stereocenters. The van der Waals surface area contributed by atoms with Crippen molar-refractivity contribution in [1.82, 2.24) is 9.97 Å². The molecule has 1 heterocycles. The lowest BCUT2D eigenvalue weighted by molar-refractivity contribution is 0.311. The Balaban J connectivity index is 2.00. The van der Waals surface area contributed by atoms with Gasteiger partial charge in [0.15, 0.2) is 0 Å². The van der Waals surface area contributed by atoms with Crippen molar-refractivity contribution in [3.8, 4) is 11.3 Å². The Morgan fingerprint density at radius 3 is 2.32 bits per heavy atom. The second-order valence-electron chi connectivity index (χ2n) is 5.20. The van der Waals surface area contributed by atoms with Crippen LogP contribution in [0, 0.1) is 0 Å². The van der Waals surface area contributed by atoms with E-state index in [9.17, 15) is 0 Å². The monoisotopic (exact) mass is 374 g/mol. The predicted molar refractivity (Wildman–Crippen MR) is 103 cm³/mol. The van der Waals surface area contributed by atoms with E-state index in [1.165, 1.54) is 0 Å². The van der Waals surface area contributed by atoms with Crippen molar-refractivity contribution in [2.24, 2.45) is 0 Å². The number of aliphatic hydroxyl groups excluding tert-OH is 1. The fraction of sp³-hybridized carbons (Fsp3) is 0.111. The van der Waals surface area contributed by atoms with E-state index >= 15 is 0 Å². The molecule has 128 valence electrons. The second-order valence-corrected chi connectivity index (χ2v) is 6.01. The quantitative estimate of drug-likeness (QED) is 0.588. The summed E-state index contributed by atoms with van der Waals surface area (Å²) in [4.78, 5) is 8.90. The lowest BCUT2D eigenvalue weighted by Gasteiger charge is -2.13. The lowest BCUT2D eigenvalue weighted by Crippen LogP contribution is -2.10. The van der Waals surface area contributed by atoms with Crippen LogP contribution in [0.4, 0.5) is 17.5 Å². The molecule has 25 heavy (non-hydrogen) atoms. The van der Waals surface area contributed by atoms with Crippen molar-refractivity contribution >= 4 is 40.7 Å². The van der Waals surface area contributed by atoms with E-state index in [0.29, 0.717) is 34.0 Å². The van der Waals surface area contributed by atoms with E-state index in [2.05, 4.69) is 20.6 Å². The van der Waals surface area contributed by atoms with Gasteiger partial charge in [-0.3, -0.25) is 0 Å². The van der Waals surface area contributed by atoms with Gasteiger partial charge in [0.1, 0.15) is 5.82 Å². The third kappa shape index (κ3) is 4.39. The van der Waals surface area contributed by atoms with Crippen LogP contribution in [-0.2, 0) is 0 Å². The minimum absolute atomic E-state index is 0.0158. The van der Waals surface area contributed by atoms with Gasteiger partial charge >= 0.3 is 0 Å². The first-order valence-electron chi connectivity index (χ1n) is 7.67. The highest BCUT2D eigenvalue weighted by atomic mass is 35.5. The summed E-state index contributed by atoms with van der Waals surface area (Å²) in [6.45, 7) is 0.336. The average Bonchev–Trinajstić information content (AvgIpc) is 2.64. The van der Waals surface area contributed by atoms with Gasteiger partial charge in [0.25, 0.3) is 0 Å². The number of benzene rings is 2. The first kappa shape index (κ1) is 17.5. The summed E-state index contributed by atoms with van der Waals surface area (Å²) in [5.41, 5.74) is 2.27. The first-order valence-corrected chi connectivity index (χ1v) is 8.43. The largest absolute Gasteiger partial charge is 0.395 e. The van der Waals surface area contributed by atoms with Crippen molar-refractivity contribution in [1.29, 1.82) is 0 Å². The maximum Gasteiger partial charge on any atom is 0.225 e. The summed E-state index contributed by atoms with van der Waals surface area (Å²) in [7, 11) is 0. The van der Waals surface area contributed by atoms with Gasteiger partial charge in [-0.25, -0.2) is 4.98 Å². The molecule has 0 atom stereocenters. The normalized spacial score (nSPS) is 10.5. The minimum atomic E-state index is -0.0158. The Morgan fingerprint density at radius 1 is 0.920 bits per heavy atom. The zero-order valence-electron chi connectivity index (χ0n) is 13.2. The minimum Gasteiger partial charge on any atom is -0.395 e. The van der Waals surface area contributed by atoms with Crippen molar-refractivity contribution in [3.05, 3.63) is 64.6 Å². The van der Waals surface area contributed by atoms with Gasteiger partial charge in [-0.15, -0.1) is 0 Å². The van der Waals surface area contributed by atoms with Gasteiger partial charge in [-0.1, -0.05) is 59.6 Å². The molecule has 3 N–H and O–H groups in total. The fourth-order valence-electron chi connectivity index (χ4n) is 2.26. The number of hydrogen-bond donors (Lipinski definition) is 3. The van der Waals surface area contributed by atoms with Crippen LogP contribution in [-0.4, -0.2) is 28.2 Å². The molecule has 0 aliphatic rings. The molecule has 1 aromatic heterocycles. The fourth-order valence-corrected chi connectivity index (χ4v) is 2.75. The molecule has 3 aromatic rings. The lowest BCUT2D eigenvalue weighted by atomic mass is 10.1. The Kier molecular flexibility index (Phi) is 5.71. The summed E-state index contributed by atoms with van der Waals surface area (Å²) >= 11 is 12.4. The molecule has 0 fully saturated rings. The Hall–Kier alpha value is -2.34. The maximum atomic E-state index is 9.02. The number of hydrogen-bond acceptors (Lipinski definition) is 5. The summed E-state index contributed by atoms with van der Waals surface area (Å²) in [6, 6.07) is 16.8. The third-order valence-corrected chi connectivity index (χ3v) is 4.04. The van der Waals surface area contributed by atoms with Crippen LogP contribution in [0.3, 0.4) is 0 Å². The van der Waals surface area contributed by atoms with Crippen LogP contribution < -0.4 is 10.6 Å². The number of para-hydroxylation sites is 1.